The normalized spacial score (nSPS) is 18.8. The van der Waals surface area contributed by atoms with Crippen molar-refractivity contribution in [3.8, 4) is 0 Å². The zero-order valence-corrected chi connectivity index (χ0v) is 13.7. The minimum atomic E-state index is -4.27. The summed E-state index contributed by atoms with van der Waals surface area (Å²) in [5.41, 5.74) is 0. The highest BCUT2D eigenvalue weighted by Gasteiger charge is 2.41. The molecular formula is C14H20F4N4O3. The Morgan fingerprint density at radius 1 is 1.44 bits per heavy atom. The fourth-order valence-electron chi connectivity index (χ4n) is 2.71. The van der Waals surface area contributed by atoms with E-state index in [9.17, 15) is 22.4 Å². The summed E-state index contributed by atoms with van der Waals surface area (Å²) in [6.45, 7) is -1.73. The fraction of sp³-hybridized carbons (Fsp3) is 0.786. The molecule has 1 saturated heterocycles. The molecule has 2 rings (SSSR count). The lowest BCUT2D eigenvalue weighted by molar-refractivity contribution is -0.171. The van der Waals surface area contributed by atoms with Gasteiger partial charge in [-0.1, -0.05) is 0 Å². The summed E-state index contributed by atoms with van der Waals surface area (Å²) in [7, 11) is 1.71. The zero-order chi connectivity index (χ0) is 18.6. The van der Waals surface area contributed by atoms with Crippen molar-refractivity contribution in [3.63, 3.8) is 0 Å². The van der Waals surface area contributed by atoms with Crippen LogP contribution in [0.1, 0.15) is 30.4 Å². The summed E-state index contributed by atoms with van der Waals surface area (Å²) >= 11 is 0. The SMILES string of the molecule is Cn1c(CO)nnc1[C@H]1CCCN(C(=O)COCC(F)(F)C(F)F)C1. The van der Waals surface area contributed by atoms with E-state index >= 15 is 0 Å². The smallest absolute Gasteiger partial charge is 0.330 e. The van der Waals surface area contributed by atoms with Crippen LogP contribution in [0.4, 0.5) is 17.6 Å². The molecule has 0 bridgehead atoms. The molecule has 0 radical (unpaired) electrons. The molecule has 11 heteroatoms. The maximum Gasteiger partial charge on any atom is 0.330 e. The van der Waals surface area contributed by atoms with Crippen molar-refractivity contribution >= 4 is 5.91 Å². The second-order valence-electron chi connectivity index (χ2n) is 5.92. The maximum absolute atomic E-state index is 12.8. The first-order valence-electron chi connectivity index (χ1n) is 7.76. The average Bonchev–Trinajstić information content (AvgIpc) is 2.95. The van der Waals surface area contributed by atoms with Gasteiger partial charge in [0.05, 0.1) is 0 Å². The van der Waals surface area contributed by atoms with E-state index in [0.717, 1.165) is 6.42 Å². The van der Waals surface area contributed by atoms with Gasteiger partial charge in [-0.05, 0) is 12.8 Å². The largest absolute Gasteiger partial charge is 0.388 e. The molecule has 1 atom stereocenters. The molecule has 1 aromatic heterocycles. The van der Waals surface area contributed by atoms with Crippen LogP contribution in [0.2, 0.25) is 0 Å². The van der Waals surface area contributed by atoms with Gasteiger partial charge in [-0.2, -0.15) is 8.78 Å². The Balaban J connectivity index is 1.90. The van der Waals surface area contributed by atoms with Gasteiger partial charge in [0.25, 0.3) is 0 Å². The lowest BCUT2D eigenvalue weighted by atomic mass is 9.97. The van der Waals surface area contributed by atoms with E-state index in [0.29, 0.717) is 31.2 Å². The first-order valence-corrected chi connectivity index (χ1v) is 7.76. The van der Waals surface area contributed by atoms with Gasteiger partial charge >= 0.3 is 12.3 Å². The second kappa shape index (κ2) is 8.09. The van der Waals surface area contributed by atoms with Crippen LogP contribution in [0.5, 0.6) is 0 Å². The highest BCUT2D eigenvalue weighted by molar-refractivity contribution is 5.77. The third kappa shape index (κ3) is 4.66. The Labute approximate surface area is 141 Å². The number of aliphatic hydroxyl groups excluding tert-OH is 1. The number of ether oxygens (including phenoxy) is 1. The van der Waals surface area contributed by atoms with Gasteiger partial charge in [0.1, 0.15) is 25.6 Å². The van der Waals surface area contributed by atoms with E-state index in [1.807, 2.05) is 0 Å². The van der Waals surface area contributed by atoms with Gasteiger partial charge < -0.3 is 19.3 Å². The number of piperidine rings is 1. The molecule has 1 amide bonds. The Morgan fingerprint density at radius 3 is 2.76 bits per heavy atom. The van der Waals surface area contributed by atoms with Gasteiger partial charge in [-0.25, -0.2) is 8.78 Å². The minimum Gasteiger partial charge on any atom is -0.388 e. The number of halogens is 4. The van der Waals surface area contributed by atoms with Crippen molar-refractivity contribution in [3.05, 3.63) is 11.6 Å². The summed E-state index contributed by atoms with van der Waals surface area (Å²) in [4.78, 5) is 13.5. The van der Waals surface area contributed by atoms with Crippen LogP contribution in [0.25, 0.3) is 0 Å². The van der Waals surface area contributed by atoms with E-state index in [4.69, 9.17) is 5.11 Å². The number of aliphatic hydroxyl groups is 1. The summed E-state index contributed by atoms with van der Waals surface area (Å²) in [5, 5.41) is 17.0. The standard InChI is InChI=1S/C14H20F4N4O3/c1-21-10(6-23)19-20-12(21)9-3-2-4-22(5-9)11(24)7-25-8-14(17,18)13(15)16/h9,13,23H,2-8H2,1H3/t9-/m0/s1. The molecule has 1 fully saturated rings. The molecule has 0 spiro atoms. The number of aromatic nitrogens is 3. The molecule has 0 saturated carbocycles. The third-order valence-electron chi connectivity index (χ3n) is 4.12. The number of hydrogen-bond donors (Lipinski definition) is 1. The van der Waals surface area contributed by atoms with E-state index in [1.165, 1.54) is 4.90 Å². The predicted octanol–water partition coefficient (Wildman–Crippen LogP) is 0.930. The van der Waals surface area contributed by atoms with Crippen molar-refractivity contribution in [2.24, 2.45) is 7.05 Å². The Kier molecular flexibility index (Phi) is 6.33. The van der Waals surface area contributed by atoms with Crippen LogP contribution in [-0.2, 0) is 23.2 Å². The molecule has 2 heterocycles. The number of hydrogen-bond acceptors (Lipinski definition) is 5. The van der Waals surface area contributed by atoms with Crippen LogP contribution >= 0.6 is 0 Å². The molecule has 0 unspecified atom stereocenters. The lowest BCUT2D eigenvalue weighted by Crippen LogP contribution is -2.42. The van der Waals surface area contributed by atoms with Crippen molar-refractivity contribution in [2.45, 2.75) is 37.7 Å². The number of carbonyl (C=O) groups excluding carboxylic acids is 1. The lowest BCUT2D eigenvalue weighted by Gasteiger charge is -2.32. The van der Waals surface area contributed by atoms with E-state index in [1.54, 1.807) is 11.6 Å². The van der Waals surface area contributed by atoms with Crippen molar-refractivity contribution in [1.82, 2.24) is 19.7 Å². The molecule has 1 N–H and O–H groups in total. The number of alkyl halides is 4. The molecule has 0 aromatic carbocycles. The quantitative estimate of drug-likeness (QED) is 0.725. The number of carbonyl (C=O) groups is 1. The highest BCUT2D eigenvalue weighted by atomic mass is 19.3. The summed E-state index contributed by atoms with van der Waals surface area (Å²) in [6, 6.07) is 0. The van der Waals surface area contributed by atoms with Crippen LogP contribution in [0, 0.1) is 0 Å². The van der Waals surface area contributed by atoms with Crippen molar-refractivity contribution in [1.29, 1.82) is 0 Å². The third-order valence-corrected chi connectivity index (χ3v) is 4.12. The van der Waals surface area contributed by atoms with E-state index < -0.39 is 31.5 Å². The van der Waals surface area contributed by atoms with Crippen LogP contribution in [-0.4, -0.2) is 69.3 Å². The fourth-order valence-corrected chi connectivity index (χ4v) is 2.71. The molecule has 0 aliphatic carbocycles. The average molecular weight is 368 g/mol. The Bertz CT molecular complexity index is 597. The molecule has 7 nitrogen and oxygen atoms in total. The minimum absolute atomic E-state index is 0.113. The van der Waals surface area contributed by atoms with Gasteiger partial charge in [0.2, 0.25) is 5.91 Å². The number of likely N-dealkylation sites (tertiary alicyclic amines) is 1. The molecule has 1 aliphatic heterocycles. The first kappa shape index (κ1) is 19.6. The molecular weight excluding hydrogens is 348 g/mol. The number of amides is 1. The van der Waals surface area contributed by atoms with Gasteiger partial charge in [0, 0.05) is 26.1 Å². The number of nitrogens with zero attached hydrogens (tertiary/aromatic N) is 4. The van der Waals surface area contributed by atoms with Crippen LogP contribution in [0.3, 0.4) is 0 Å². The molecule has 1 aromatic rings. The maximum atomic E-state index is 12.8. The predicted molar refractivity (Wildman–Crippen MR) is 77.3 cm³/mol. The van der Waals surface area contributed by atoms with Crippen molar-refractivity contribution in [2.75, 3.05) is 26.3 Å². The summed E-state index contributed by atoms with van der Waals surface area (Å²) in [5.74, 6) is -3.91. The number of rotatable bonds is 7. The monoisotopic (exact) mass is 368 g/mol. The zero-order valence-electron chi connectivity index (χ0n) is 13.7. The Morgan fingerprint density at radius 2 is 2.16 bits per heavy atom. The Hall–Kier alpha value is -1.75. The van der Waals surface area contributed by atoms with Gasteiger partial charge in [0.15, 0.2) is 5.82 Å². The highest BCUT2D eigenvalue weighted by Crippen LogP contribution is 2.26. The summed E-state index contributed by atoms with van der Waals surface area (Å²) in [6.07, 6.45) is -2.41. The summed E-state index contributed by atoms with van der Waals surface area (Å²) < 4.78 is 55.7. The molecule has 25 heavy (non-hydrogen) atoms. The topological polar surface area (TPSA) is 80.5 Å². The van der Waals surface area contributed by atoms with E-state index in [2.05, 4.69) is 14.9 Å². The second-order valence-corrected chi connectivity index (χ2v) is 5.92. The molecule has 142 valence electrons. The van der Waals surface area contributed by atoms with Crippen LogP contribution < -0.4 is 0 Å². The first-order chi connectivity index (χ1) is 11.8. The van der Waals surface area contributed by atoms with Crippen LogP contribution in [0.15, 0.2) is 0 Å². The van der Waals surface area contributed by atoms with Gasteiger partial charge in [-0.15, -0.1) is 10.2 Å². The van der Waals surface area contributed by atoms with Gasteiger partial charge in [-0.3, -0.25) is 4.79 Å². The van der Waals surface area contributed by atoms with E-state index in [-0.39, 0.29) is 12.5 Å². The molecule has 1 aliphatic rings. The van der Waals surface area contributed by atoms with Crippen molar-refractivity contribution < 1.29 is 32.2 Å².